The maximum absolute atomic E-state index is 13.4. The van der Waals surface area contributed by atoms with Crippen LogP contribution in [0.15, 0.2) is 47.4 Å². The van der Waals surface area contributed by atoms with Gasteiger partial charge in [0.1, 0.15) is 5.82 Å². The lowest BCUT2D eigenvalue weighted by Gasteiger charge is -2.08. The van der Waals surface area contributed by atoms with E-state index < -0.39 is 10.1 Å². The third-order valence-electron chi connectivity index (χ3n) is 3.77. The maximum Gasteiger partial charge on any atom is 0.296 e. The fourth-order valence-electron chi connectivity index (χ4n) is 2.28. The number of unbranched alkanes of at least 4 members (excludes halogenated alkanes) is 1. The quantitative estimate of drug-likeness (QED) is 0.563. The standard InChI is InChI=1S/C18H21FO3S/c1-14-9-11-17(12-10-14)23(20,21)22-13-4-3-6-16-7-5-8-18(19)15(16)2/h5,7-12H,3-4,6,13H2,1-2H3. The van der Waals surface area contributed by atoms with Crippen molar-refractivity contribution in [1.29, 1.82) is 0 Å². The molecular weight excluding hydrogens is 315 g/mol. The minimum atomic E-state index is -3.70. The Bertz CT molecular complexity index is 752. The molecule has 0 aromatic heterocycles. The molecule has 0 unspecified atom stereocenters. The van der Waals surface area contributed by atoms with Crippen molar-refractivity contribution in [3.63, 3.8) is 0 Å². The van der Waals surface area contributed by atoms with Crippen molar-refractivity contribution in [2.45, 2.75) is 38.0 Å². The Morgan fingerprint density at radius 1 is 1.00 bits per heavy atom. The summed E-state index contributed by atoms with van der Waals surface area (Å²) in [7, 11) is -3.70. The molecule has 0 spiro atoms. The molecule has 3 nitrogen and oxygen atoms in total. The number of rotatable bonds is 7. The van der Waals surface area contributed by atoms with Gasteiger partial charge in [0.2, 0.25) is 0 Å². The van der Waals surface area contributed by atoms with E-state index in [9.17, 15) is 12.8 Å². The number of aryl methyl sites for hydroxylation is 2. The summed E-state index contributed by atoms with van der Waals surface area (Å²) in [6, 6.07) is 11.6. The Morgan fingerprint density at radius 2 is 1.70 bits per heavy atom. The van der Waals surface area contributed by atoms with E-state index in [1.54, 1.807) is 37.3 Å². The predicted octanol–water partition coefficient (Wildman–Crippen LogP) is 4.17. The molecule has 0 bridgehead atoms. The van der Waals surface area contributed by atoms with Gasteiger partial charge in [0.05, 0.1) is 11.5 Å². The molecule has 0 saturated heterocycles. The van der Waals surface area contributed by atoms with Crippen molar-refractivity contribution >= 4 is 10.1 Å². The van der Waals surface area contributed by atoms with Crippen LogP contribution in [-0.4, -0.2) is 15.0 Å². The van der Waals surface area contributed by atoms with Crippen molar-refractivity contribution in [1.82, 2.24) is 0 Å². The number of halogens is 1. The Labute approximate surface area is 137 Å². The Kier molecular flexibility index (Phi) is 5.91. The van der Waals surface area contributed by atoms with Gasteiger partial charge in [0.25, 0.3) is 10.1 Å². The van der Waals surface area contributed by atoms with E-state index in [0.717, 1.165) is 17.5 Å². The summed E-state index contributed by atoms with van der Waals surface area (Å²) in [4.78, 5) is 0.170. The van der Waals surface area contributed by atoms with Gasteiger partial charge < -0.3 is 0 Å². The average Bonchev–Trinajstić information content (AvgIpc) is 2.51. The second kappa shape index (κ2) is 7.70. The molecule has 0 heterocycles. The second-order valence-electron chi connectivity index (χ2n) is 5.57. The minimum absolute atomic E-state index is 0.130. The molecule has 0 radical (unpaired) electrons. The molecule has 2 aromatic rings. The molecule has 0 aliphatic rings. The summed E-state index contributed by atoms with van der Waals surface area (Å²) >= 11 is 0. The van der Waals surface area contributed by atoms with Crippen LogP contribution >= 0.6 is 0 Å². The number of hydrogen-bond acceptors (Lipinski definition) is 3. The summed E-state index contributed by atoms with van der Waals surface area (Å²) in [6.45, 7) is 3.78. The van der Waals surface area contributed by atoms with Gasteiger partial charge in [-0.2, -0.15) is 8.42 Å². The SMILES string of the molecule is Cc1ccc(S(=O)(=O)OCCCCc2cccc(F)c2C)cc1. The molecule has 0 N–H and O–H groups in total. The minimum Gasteiger partial charge on any atom is -0.266 e. The van der Waals surface area contributed by atoms with Crippen LogP contribution in [0.3, 0.4) is 0 Å². The molecule has 124 valence electrons. The lowest BCUT2D eigenvalue weighted by atomic mass is 10.0. The zero-order valence-corrected chi connectivity index (χ0v) is 14.2. The highest BCUT2D eigenvalue weighted by molar-refractivity contribution is 7.86. The third-order valence-corrected chi connectivity index (χ3v) is 5.09. The second-order valence-corrected chi connectivity index (χ2v) is 7.19. The lowest BCUT2D eigenvalue weighted by molar-refractivity contribution is 0.308. The van der Waals surface area contributed by atoms with Crippen molar-refractivity contribution in [3.8, 4) is 0 Å². The van der Waals surface area contributed by atoms with Crippen LogP contribution < -0.4 is 0 Å². The summed E-state index contributed by atoms with van der Waals surface area (Å²) in [6.07, 6.45) is 2.05. The van der Waals surface area contributed by atoms with E-state index >= 15 is 0 Å². The Morgan fingerprint density at radius 3 is 2.39 bits per heavy atom. The highest BCUT2D eigenvalue weighted by Gasteiger charge is 2.14. The molecule has 0 aliphatic carbocycles. The predicted molar refractivity (Wildman–Crippen MR) is 88.4 cm³/mol. The first-order valence-corrected chi connectivity index (χ1v) is 9.01. The van der Waals surface area contributed by atoms with Crippen LogP contribution in [-0.2, 0) is 20.7 Å². The zero-order valence-electron chi connectivity index (χ0n) is 13.4. The van der Waals surface area contributed by atoms with Crippen molar-refractivity contribution < 1.29 is 17.0 Å². The maximum atomic E-state index is 13.4. The van der Waals surface area contributed by atoms with E-state index in [4.69, 9.17) is 4.18 Å². The molecular formula is C18H21FO3S. The molecule has 2 aromatic carbocycles. The van der Waals surface area contributed by atoms with Gasteiger partial charge in [0, 0.05) is 0 Å². The molecule has 0 fully saturated rings. The molecule has 0 atom stereocenters. The van der Waals surface area contributed by atoms with Gasteiger partial charge >= 0.3 is 0 Å². The normalized spacial score (nSPS) is 11.6. The molecule has 0 saturated carbocycles. The van der Waals surface area contributed by atoms with Gasteiger partial charge in [-0.1, -0.05) is 29.8 Å². The molecule has 0 amide bonds. The average molecular weight is 336 g/mol. The van der Waals surface area contributed by atoms with Crippen LogP contribution in [0.2, 0.25) is 0 Å². The van der Waals surface area contributed by atoms with Gasteiger partial charge in [-0.05, 0) is 62.4 Å². The van der Waals surface area contributed by atoms with Gasteiger partial charge in [0.15, 0.2) is 0 Å². The van der Waals surface area contributed by atoms with Crippen LogP contribution in [0, 0.1) is 19.7 Å². The first-order chi connectivity index (χ1) is 10.9. The fraction of sp³-hybridized carbons (Fsp3) is 0.333. The lowest BCUT2D eigenvalue weighted by Crippen LogP contribution is -2.08. The van der Waals surface area contributed by atoms with E-state index in [1.165, 1.54) is 6.07 Å². The molecule has 5 heteroatoms. The Balaban J connectivity index is 1.81. The van der Waals surface area contributed by atoms with Crippen molar-refractivity contribution in [3.05, 3.63) is 65.0 Å². The highest BCUT2D eigenvalue weighted by Crippen LogP contribution is 2.16. The van der Waals surface area contributed by atoms with E-state index in [0.29, 0.717) is 18.4 Å². The first kappa shape index (κ1) is 17.6. The van der Waals surface area contributed by atoms with Gasteiger partial charge in [-0.3, -0.25) is 4.18 Å². The highest BCUT2D eigenvalue weighted by atomic mass is 32.2. The van der Waals surface area contributed by atoms with Gasteiger partial charge in [-0.15, -0.1) is 0 Å². The first-order valence-electron chi connectivity index (χ1n) is 7.60. The topological polar surface area (TPSA) is 43.4 Å². The molecule has 2 rings (SSSR count). The summed E-state index contributed by atoms with van der Waals surface area (Å²) in [5.74, 6) is -0.208. The van der Waals surface area contributed by atoms with Crippen LogP contribution in [0.5, 0.6) is 0 Å². The van der Waals surface area contributed by atoms with Crippen LogP contribution in [0.25, 0.3) is 0 Å². The monoisotopic (exact) mass is 336 g/mol. The Hall–Kier alpha value is -1.72. The third kappa shape index (κ3) is 4.88. The summed E-state index contributed by atoms with van der Waals surface area (Å²) < 4.78 is 42.5. The number of benzene rings is 2. The van der Waals surface area contributed by atoms with Crippen molar-refractivity contribution in [2.24, 2.45) is 0 Å². The smallest absolute Gasteiger partial charge is 0.266 e. The zero-order chi connectivity index (χ0) is 16.9. The summed E-state index contributed by atoms with van der Waals surface area (Å²) in [5, 5.41) is 0. The molecule has 23 heavy (non-hydrogen) atoms. The van der Waals surface area contributed by atoms with E-state index in [-0.39, 0.29) is 17.3 Å². The van der Waals surface area contributed by atoms with Gasteiger partial charge in [-0.25, -0.2) is 4.39 Å². The fourth-order valence-corrected chi connectivity index (χ4v) is 3.22. The van der Waals surface area contributed by atoms with Crippen LogP contribution in [0.4, 0.5) is 4.39 Å². The van der Waals surface area contributed by atoms with Crippen LogP contribution in [0.1, 0.15) is 29.5 Å². The summed E-state index contributed by atoms with van der Waals surface area (Å²) in [5.41, 5.74) is 2.60. The molecule has 0 aliphatic heterocycles. The number of hydrogen-bond donors (Lipinski definition) is 0. The largest absolute Gasteiger partial charge is 0.296 e. The van der Waals surface area contributed by atoms with E-state index in [1.807, 2.05) is 13.0 Å². The van der Waals surface area contributed by atoms with Crippen molar-refractivity contribution in [2.75, 3.05) is 6.61 Å². The van der Waals surface area contributed by atoms with E-state index in [2.05, 4.69) is 0 Å².